The van der Waals surface area contributed by atoms with Gasteiger partial charge >= 0.3 is 6.03 Å². The van der Waals surface area contributed by atoms with E-state index in [4.69, 9.17) is 10.5 Å². The van der Waals surface area contributed by atoms with Crippen LogP contribution in [0.15, 0.2) is 78.9 Å². The zero-order valence-corrected chi connectivity index (χ0v) is 18.6. The summed E-state index contributed by atoms with van der Waals surface area (Å²) in [5.74, 6) is 1.07. The molecule has 174 valence electrons. The molecule has 0 spiro atoms. The van der Waals surface area contributed by atoms with Crippen molar-refractivity contribution in [1.82, 2.24) is 5.32 Å². The molecule has 4 N–H and O–H groups in total. The van der Waals surface area contributed by atoms with Crippen LogP contribution in [0.25, 0.3) is 0 Å². The number of benzene rings is 3. The number of hydrogen-bond acceptors (Lipinski definition) is 4. The maximum atomic E-state index is 12.7. The van der Waals surface area contributed by atoms with Gasteiger partial charge in [0.05, 0.1) is 12.5 Å². The molecule has 1 unspecified atom stereocenters. The fraction of sp³-hybridized carbons (Fsp3) is 0.192. The van der Waals surface area contributed by atoms with Crippen LogP contribution in [0.4, 0.5) is 16.2 Å². The average Bonchev–Trinajstić information content (AvgIpc) is 3.25. The van der Waals surface area contributed by atoms with Crippen molar-refractivity contribution in [3.8, 4) is 11.5 Å². The number of amides is 4. The average molecular weight is 459 g/mol. The molecule has 3 aromatic rings. The molecule has 1 aliphatic rings. The highest BCUT2D eigenvalue weighted by Crippen LogP contribution is 2.27. The summed E-state index contributed by atoms with van der Waals surface area (Å²) in [6.07, 6.45) is 1.39. The monoisotopic (exact) mass is 458 g/mol. The van der Waals surface area contributed by atoms with E-state index < -0.39 is 12.1 Å². The van der Waals surface area contributed by atoms with Crippen molar-refractivity contribution in [2.75, 3.05) is 16.8 Å². The van der Waals surface area contributed by atoms with Gasteiger partial charge in [-0.1, -0.05) is 30.3 Å². The molecule has 1 fully saturated rings. The Bertz CT molecular complexity index is 1160. The molecule has 0 saturated carbocycles. The molecule has 1 aliphatic heterocycles. The number of urea groups is 1. The molecule has 1 heterocycles. The third-order valence-corrected chi connectivity index (χ3v) is 5.48. The fourth-order valence-corrected chi connectivity index (χ4v) is 3.89. The highest BCUT2D eigenvalue weighted by atomic mass is 16.5. The van der Waals surface area contributed by atoms with Crippen LogP contribution >= 0.6 is 0 Å². The molecule has 4 amide bonds. The zero-order valence-electron chi connectivity index (χ0n) is 18.6. The van der Waals surface area contributed by atoms with E-state index in [9.17, 15) is 14.4 Å². The van der Waals surface area contributed by atoms with Crippen molar-refractivity contribution >= 4 is 29.2 Å². The van der Waals surface area contributed by atoms with Gasteiger partial charge in [0.1, 0.15) is 11.5 Å². The second-order valence-electron chi connectivity index (χ2n) is 8.00. The van der Waals surface area contributed by atoms with Crippen molar-refractivity contribution in [3.05, 3.63) is 84.4 Å². The Morgan fingerprint density at radius 2 is 1.71 bits per heavy atom. The Labute approximate surface area is 197 Å². The second-order valence-corrected chi connectivity index (χ2v) is 8.00. The van der Waals surface area contributed by atoms with E-state index in [1.807, 2.05) is 42.5 Å². The van der Waals surface area contributed by atoms with Crippen molar-refractivity contribution in [1.29, 1.82) is 0 Å². The van der Waals surface area contributed by atoms with Crippen LogP contribution in [0, 0.1) is 0 Å². The molecule has 0 radical (unpaired) electrons. The van der Waals surface area contributed by atoms with E-state index in [-0.39, 0.29) is 18.2 Å². The number of rotatable bonds is 8. The van der Waals surface area contributed by atoms with Gasteiger partial charge in [-0.3, -0.25) is 9.59 Å². The molecular formula is C26H26N4O4. The van der Waals surface area contributed by atoms with Gasteiger partial charge < -0.3 is 26.0 Å². The minimum atomic E-state index is -0.730. The van der Waals surface area contributed by atoms with Crippen molar-refractivity contribution in [2.45, 2.75) is 25.3 Å². The van der Waals surface area contributed by atoms with Gasteiger partial charge in [-0.25, -0.2) is 4.79 Å². The summed E-state index contributed by atoms with van der Waals surface area (Å²) in [7, 11) is 0. The Morgan fingerprint density at radius 3 is 2.38 bits per heavy atom. The highest BCUT2D eigenvalue weighted by Gasteiger charge is 2.22. The van der Waals surface area contributed by atoms with Crippen molar-refractivity contribution in [2.24, 2.45) is 5.73 Å². The van der Waals surface area contributed by atoms with E-state index in [2.05, 4.69) is 10.6 Å². The molecule has 3 aromatic carbocycles. The Kier molecular flexibility index (Phi) is 7.07. The Morgan fingerprint density at radius 1 is 0.971 bits per heavy atom. The summed E-state index contributed by atoms with van der Waals surface area (Å²) in [5, 5.41) is 5.47. The van der Waals surface area contributed by atoms with E-state index >= 15 is 0 Å². The molecular weight excluding hydrogens is 432 g/mol. The molecule has 0 aromatic heterocycles. The zero-order chi connectivity index (χ0) is 23.9. The number of para-hydroxylation sites is 1. The summed E-state index contributed by atoms with van der Waals surface area (Å²) in [6.45, 7) is 0.706. The largest absolute Gasteiger partial charge is 0.457 e. The number of anilines is 2. The van der Waals surface area contributed by atoms with Crippen molar-refractivity contribution in [3.63, 3.8) is 0 Å². The Balaban J connectivity index is 1.43. The van der Waals surface area contributed by atoms with E-state index in [0.29, 0.717) is 35.7 Å². The lowest BCUT2D eigenvalue weighted by Crippen LogP contribution is -2.35. The van der Waals surface area contributed by atoms with Crippen LogP contribution in [0.1, 0.15) is 30.9 Å². The number of carbonyl (C=O) groups is 3. The summed E-state index contributed by atoms with van der Waals surface area (Å²) in [4.78, 5) is 38.0. The molecule has 1 atom stereocenters. The number of hydrogen-bond donors (Lipinski definition) is 3. The molecule has 0 bridgehead atoms. The van der Waals surface area contributed by atoms with Crippen molar-refractivity contribution < 1.29 is 19.1 Å². The van der Waals surface area contributed by atoms with Gasteiger partial charge in [0.15, 0.2) is 0 Å². The third kappa shape index (κ3) is 5.92. The number of nitrogens with one attached hydrogen (secondary N) is 2. The van der Waals surface area contributed by atoms with Crippen LogP contribution in [0.2, 0.25) is 0 Å². The lowest BCUT2D eigenvalue weighted by atomic mass is 10.0. The van der Waals surface area contributed by atoms with Crippen LogP contribution in [-0.2, 0) is 9.59 Å². The first-order valence-corrected chi connectivity index (χ1v) is 11.1. The maximum absolute atomic E-state index is 12.7. The minimum Gasteiger partial charge on any atom is -0.457 e. The fourth-order valence-electron chi connectivity index (χ4n) is 3.89. The SMILES string of the molecule is NC(=O)NC(CC(=O)Nc1ccc(N2CCCC2=O)cc1)c1cccc(Oc2ccccc2)c1. The highest BCUT2D eigenvalue weighted by molar-refractivity contribution is 5.96. The van der Waals surface area contributed by atoms with E-state index in [1.165, 1.54) is 0 Å². The van der Waals surface area contributed by atoms with Gasteiger partial charge in [-0.15, -0.1) is 0 Å². The molecule has 1 saturated heterocycles. The summed E-state index contributed by atoms with van der Waals surface area (Å²) < 4.78 is 5.86. The first-order valence-electron chi connectivity index (χ1n) is 11.1. The summed E-state index contributed by atoms with van der Waals surface area (Å²) >= 11 is 0. The lowest BCUT2D eigenvalue weighted by molar-refractivity contribution is -0.117. The third-order valence-electron chi connectivity index (χ3n) is 5.48. The van der Waals surface area contributed by atoms with Gasteiger partial charge in [0, 0.05) is 24.3 Å². The van der Waals surface area contributed by atoms with Gasteiger partial charge in [0.2, 0.25) is 11.8 Å². The lowest BCUT2D eigenvalue weighted by Gasteiger charge is -2.19. The van der Waals surface area contributed by atoms with Gasteiger partial charge in [-0.2, -0.15) is 0 Å². The first kappa shape index (κ1) is 22.8. The number of carbonyl (C=O) groups excluding carboxylic acids is 3. The van der Waals surface area contributed by atoms with Crippen LogP contribution < -0.4 is 26.0 Å². The predicted molar refractivity (Wildman–Crippen MR) is 130 cm³/mol. The second kappa shape index (κ2) is 10.5. The standard InChI is InChI=1S/C26H26N4O4/c27-26(33)29-23(18-6-4-9-22(16-18)34-21-7-2-1-3-8-21)17-24(31)28-19-11-13-20(14-12-19)30-15-5-10-25(30)32/h1-4,6-9,11-14,16,23H,5,10,15,17H2,(H,28,31)(H3,27,29,33). The van der Waals surface area contributed by atoms with E-state index in [0.717, 1.165) is 12.1 Å². The van der Waals surface area contributed by atoms with Crippen LogP contribution in [0.5, 0.6) is 11.5 Å². The number of ether oxygens (including phenoxy) is 1. The minimum absolute atomic E-state index is 0.0237. The quantitative estimate of drug-likeness (QED) is 0.466. The number of nitrogens with zero attached hydrogens (tertiary/aromatic N) is 1. The number of nitrogens with two attached hydrogens (primary N) is 1. The first-order chi connectivity index (χ1) is 16.5. The van der Waals surface area contributed by atoms with E-state index in [1.54, 1.807) is 41.3 Å². The predicted octanol–water partition coefficient (Wildman–Crippen LogP) is 4.34. The summed E-state index contributed by atoms with van der Waals surface area (Å²) in [6, 6.07) is 22.2. The molecule has 8 nitrogen and oxygen atoms in total. The van der Waals surface area contributed by atoms with Gasteiger partial charge in [-0.05, 0) is 60.5 Å². The Hall–Kier alpha value is -4.33. The number of primary amides is 1. The molecule has 4 rings (SSSR count). The maximum Gasteiger partial charge on any atom is 0.312 e. The normalized spacial score (nSPS) is 13.9. The molecule has 8 heteroatoms. The molecule has 34 heavy (non-hydrogen) atoms. The van der Waals surface area contributed by atoms with Gasteiger partial charge in [0.25, 0.3) is 0 Å². The van der Waals surface area contributed by atoms with Crippen LogP contribution in [0.3, 0.4) is 0 Å². The summed E-state index contributed by atoms with van der Waals surface area (Å²) in [5.41, 5.74) is 7.45. The topological polar surface area (TPSA) is 114 Å². The smallest absolute Gasteiger partial charge is 0.312 e. The van der Waals surface area contributed by atoms with Crippen LogP contribution in [-0.4, -0.2) is 24.4 Å². The molecule has 0 aliphatic carbocycles.